The Morgan fingerprint density at radius 1 is 1.15 bits per heavy atom. The first-order valence-corrected chi connectivity index (χ1v) is 9.20. The van der Waals surface area contributed by atoms with Crippen LogP contribution in [0.2, 0.25) is 5.02 Å². The fourth-order valence-electron chi connectivity index (χ4n) is 2.46. The number of anilines is 1. The van der Waals surface area contributed by atoms with Crippen molar-refractivity contribution in [2.24, 2.45) is 0 Å². The van der Waals surface area contributed by atoms with E-state index >= 15 is 4.39 Å². The van der Waals surface area contributed by atoms with Crippen molar-refractivity contribution in [1.82, 2.24) is 9.97 Å². The van der Waals surface area contributed by atoms with Crippen molar-refractivity contribution in [3.8, 4) is 11.5 Å². The summed E-state index contributed by atoms with van der Waals surface area (Å²) in [5, 5.41) is 3.35. The molecule has 1 aromatic heterocycles. The quantitative estimate of drug-likeness (QED) is 0.486. The summed E-state index contributed by atoms with van der Waals surface area (Å²) in [4.78, 5) is 8.36. The van der Waals surface area contributed by atoms with Crippen LogP contribution in [0.3, 0.4) is 0 Å². The highest BCUT2D eigenvalue weighted by Crippen LogP contribution is 2.37. The normalized spacial score (nSPS) is 11.8. The number of hydrogen-bond donors (Lipinski definition) is 1. The van der Waals surface area contributed by atoms with Gasteiger partial charge in [0.2, 0.25) is 5.95 Å². The van der Waals surface area contributed by atoms with Crippen LogP contribution in [0.1, 0.15) is 24.9 Å². The molecule has 26 heavy (non-hydrogen) atoms. The molecule has 1 heterocycles. The zero-order valence-electron chi connectivity index (χ0n) is 13.9. The monoisotopic (exact) mass is 435 g/mol. The van der Waals surface area contributed by atoms with Crippen LogP contribution in [0.15, 0.2) is 59.3 Å². The summed E-state index contributed by atoms with van der Waals surface area (Å²) in [6.07, 6.45) is 3.89. The number of hydrogen-bond acceptors (Lipinski definition) is 4. The van der Waals surface area contributed by atoms with Crippen molar-refractivity contribution < 1.29 is 9.13 Å². The number of aromatic nitrogens is 2. The summed E-state index contributed by atoms with van der Waals surface area (Å²) in [6, 6.07) is 11.9. The van der Waals surface area contributed by atoms with Crippen LogP contribution in [-0.4, -0.2) is 9.97 Å². The van der Waals surface area contributed by atoms with E-state index in [1.165, 1.54) is 0 Å². The Labute approximate surface area is 164 Å². The lowest BCUT2D eigenvalue weighted by Gasteiger charge is -2.20. The van der Waals surface area contributed by atoms with E-state index in [-0.39, 0.29) is 16.8 Å². The van der Waals surface area contributed by atoms with E-state index < -0.39 is 5.82 Å². The third kappa shape index (κ3) is 4.31. The van der Waals surface area contributed by atoms with E-state index in [4.69, 9.17) is 16.3 Å². The van der Waals surface area contributed by atoms with Gasteiger partial charge in [0.05, 0.1) is 15.5 Å². The first-order chi connectivity index (χ1) is 12.6. The molecular formula is C19H16BrClFN3O. The summed E-state index contributed by atoms with van der Waals surface area (Å²) >= 11 is 9.45. The maximum Gasteiger partial charge on any atom is 0.223 e. The topological polar surface area (TPSA) is 47.0 Å². The SMILES string of the molecule is CC[C@@H](Nc1ncc(Br)cn1)c1ccc(Cl)c(Oc2ccccc2)c1F. The molecule has 0 saturated carbocycles. The molecule has 0 aliphatic rings. The highest BCUT2D eigenvalue weighted by Gasteiger charge is 2.21. The molecule has 3 rings (SSSR count). The standard InChI is InChI=1S/C19H16BrClFN3O/c1-2-16(25-19-23-10-12(20)11-24-19)14-8-9-15(21)18(17(14)22)26-13-6-4-3-5-7-13/h3-11,16H,2H2,1H3,(H,23,24,25)/t16-/m1/s1. The summed E-state index contributed by atoms with van der Waals surface area (Å²) < 4.78 is 21.6. The molecule has 0 fully saturated rings. The molecule has 0 saturated heterocycles. The van der Waals surface area contributed by atoms with Gasteiger partial charge >= 0.3 is 0 Å². The second-order valence-corrected chi connectivity index (χ2v) is 6.85. The van der Waals surface area contributed by atoms with E-state index in [0.29, 0.717) is 23.7 Å². The Hall–Kier alpha value is -2.18. The van der Waals surface area contributed by atoms with Crippen LogP contribution in [0, 0.1) is 5.82 Å². The average molecular weight is 437 g/mol. The van der Waals surface area contributed by atoms with E-state index in [0.717, 1.165) is 4.47 Å². The van der Waals surface area contributed by atoms with Crippen molar-refractivity contribution in [3.05, 3.63) is 75.7 Å². The highest BCUT2D eigenvalue weighted by atomic mass is 79.9. The zero-order valence-corrected chi connectivity index (χ0v) is 16.3. The summed E-state index contributed by atoms with van der Waals surface area (Å²) in [6.45, 7) is 1.95. The van der Waals surface area contributed by atoms with Gasteiger partial charge in [0.25, 0.3) is 0 Å². The van der Waals surface area contributed by atoms with Crippen LogP contribution < -0.4 is 10.1 Å². The third-order valence-electron chi connectivity index (χ3n) is 3.75. The largest absolute Gasteiger partial charge is 0.453 e. The first-order valence-electron chi connectivity index (χ1n) is 8.03. The van der Waals surface area contributed by atoms with Crippen LogP contribution in [-0.2, 0) is 0 Å². The summed E-state index contributed by atoms with van der Waals surface area (Å²) in [5.74, 6) is 0.438. The number of nitrogens with one attached hydrogen (secondary N) is 1. The smallest absolute Gasteiger partial charge is 0.223 e. The van der Waals surface area contributed by atoms with Gasteiger partial charge in [0.1, 0.15) is 5.75 Å². The molecule has 0 unspecified atom stereocenters. The molecule has 0 bridgehead atoms. The minimum atomic E-state index is -0.502. The Morgan fingerprint density at radius 3 is 2.50 bits per heavy atom. The Kier molecular flexibility index (Phi) is 6.06. The van der Waals surface area contributed by atoms with Gasteiger partial charge in [0, 0.05) is 18.0 Å². The van der Waals surface area contributed by atoms with Gasteiger partial charge in [-0.3, -0.25) is 0 Å². The molecule has 1 atom stereocenters. The molecule has 2 aromatic carbocycles. The Balaban J connectivity index is 1.90. The van der Waals surface area contributed by atoms with Crippen LogP contribution in [0.25, 0.3) is 0 Å². The average Bonchev–Trinajstić information content (AvgIpc) is 2.66. The van der Waals surface area contributed by atoms with Crippen molar-refractivity contribution in [2.45, 2.75) is 19.4 Å². The fourth-order valence-corrected chi connectivity index (χ4v) is 2.85. The molecule has 1 N–H and O–H groups in total. The number of rotatable bonds is 6. The van der Waals surface area contributed by atoms with Crippen molar-refractivity contribution in [1.29, 1.82) is 0 Å². The maximum atomic E-state index is 15.1. The molecular weight excluding hydrogens is 421 g/mol. The Bertz CT molecular complexity index is 878. The van der Waals surface area contributed by atoms with Crippen molar-refractivity contribution in [3.63, 3.8) is 0 Å². The molecule has 0 aliphatic heterocycles. The number of benzene rings is 2. The third-order valence-corrected chi connectivity index (χ3v) is 4.46. The lowest BCUT2D eigenvalue weighted by atomic mass is 10.0. The van der Waals surface area contributed by atoms with E-state index in [2.05, 4.69) is 31.2 Å². The minimum absolute atomic E-state index is 0.00680. The molecule has 0 radical (unpaired) electrons. The number of ether oxygens (including phenoxy) is 1. The highest BCUT2D eigenvalue weighted by molar-refractivity contribution is 9.10. The van der Waals surface area contributed by atoms with E-state index in [9.17, 15) is 0 Å². The zero-order chi connectivity index (χ0) is 18.5. The lowest BCUT2D eigenvalue weighted by Crippen LogP contribution is -2.14. The van der Waals surface area contributed by atoms with Crippen LogP contribution >= 0.6 is 27.5 Å². The van der Waals surface area contributed by atoms with Crippen molar-refractivity contribution in [2.75, 3.05) is 5.32 Å². The number of para-hydroxylation sites is 1. The second-order valence-electron chi connectivity index (χ2n) is 5.52. The van der Waals surface area contributed by atoms with E-state index in [1.807, 2.05) is 25.1 Å². The van der Waals surface area contributed by atoms with Gasteiger partial charge in [-0.1, -0.05) is 42.8 Å². The van der Waals surface area contributed by atoms with Crippen LogP contribution in [0.4, 0.5) is 10.3 Å². The first kappa shape index (κ1) is 18.6. The summed E-state index contributed by atoms with van der Waals surface area (Å²) in [5.41, 5.74) is 0.439. The molecule has 134 valence electrons. The second kappa shape index (κ2) is 8.47. The fraction of sp³-hybridized carbons (Fsp3) is 0.158. The van der Waals surface area contributed by atoms with Gasteiger partial charge in [-0.2, -0.15) is 0 Å². The summed E-state index contributed by atoms with van der Waals surface area (Å²) in [7, 11) is 0. The molecule has 0 spiro atoms. The molecule has 7 heteroatoms. The maximum absolute atomic E-state index is 15.1. The number of halogens is 3. The predicted octanol–water partition coefficient (Wildman–Crippen LogP) is 6.39. The van der Waals surface area contributed by atoms with Gasteiger partial charge < -0.3 is 10.1 Å². The van der Waals surface area contributed by atoms with Gasteiger partial charge in [-0.05, 0) is 40.5 Å². The molecule has 3 aromatic rings. The van der Waals surface area contributed by atoms with Gasteiger partial charge in [0.15, 0.2) is 11.6 Å². The number of nitrogens with zero attached hydrogens (tertiary/aromatic N) is 2. The van der Waals surface area contributed by atoms with Crippen LogP contribution in [0.5, 0.6) is 11.5 Å². The molecule has 4 nitrogen and oxygen atoms in total. The van der Waals surface area contributed by atoms with E-state index in [1.54, 1.807) is 36.7 Å². The van der Waals surface area contributed by atoms with Crippen molar-refractivity contribution >= 4 is 33.5 Å². The molecule has 0 aliphatic carbocycles. The Morgan fingerprint density at radius 2 is 1.85 bits per heavy atom. The van der Waals surface area contributed by atoms with Gasteiger partial charge in [-0.25, -0.2) is 14.4 Å². The predicted molar refractivity (Wildman–Crippen MR) is 104 cm³/mol. The lowest BCUT2D eigenvalue weighted by molar-refractivity contribution is 0.435. The molecule has 0 amide bonds. The van der Waals surface area contributed by atoms with Gasteiger partial charge in [-0.15, -0.1) is 0 Å². The minimum Gasteiger partial charge on any atom is -0.453 e.